The molecule has 0 saturated carbocycles. The predicted molar refractivity (Wildman–Crippen MR) is 75.8 cm³/mol. The van der Waals surface area contributed by atoms with E-state index in [2.05, 4.69) is 43.0 Å². The van der Waals surface area contributed by atoms with E-state index in [1.54, 1.807) is 0 Å². The summed E-state index contributed by atoms with van der Waals surface area (Å²) in [5, 5.41) is 12.1. The maximum atomic E-state index is 10.9. The van der Waals surface area contributed by atoms with Crippen molar-refractivity contribution in [3.63, 3.8) is 0 Å². The van der Waals surface area contributed by atoms with Crippen LogP contribution in [0.5, 0.6) is 0 Å². The summed E-state index contributed by atoms with van der Waals surface area (Å²) in [6.07, 6.45) is 1.99. The maximum Gasteiger partial charge on any atom is 0.354 e. The van der Waals surface area contributed by atoms with E-state index in [1.165, 1.54) is 6.07 Å². The first-order valence-electron chi connectivity index (χ1n) is 6.28. The van der Waals surface area contributed by atoms with Crippen molar-refractivity contribution >= 4 is 23.4 Å². The molecule has 0 aromatic carbocycles. The van der Waals surface area contributed by atoms with Crippen LogP contribution in [0.1, 0.15) is 51.0 Å². The monoisotopic (exact) mass is 285 g/mol. The van der Waals surface area contributed by atoms with E-state index in [4.69, 9.17) is 16.7 Å². The van der Waals surface area contributed by atoms with Gasteiger partial charge in [-0.15, -0.1) is 0 Å². The van der Waals surface area contributed by atoms with Gasteiger partial charge in [0.2, 0.25) is 5.28 Å². The van der Waals surface area contributed by atoms with Crippen LogP contribution < -0.4 is 5.32 Å². The molecule has 106 valence electrons. The first-order valence-corrected chi connectivity index (χ1v) is 6.66. The highest BCUT2D eigenvalue weighted by molar-refractivity contribution is 6.28. The molecule has 1 atom stereocenters. The molecule has 0 radical (unpaired) electrons. The number of carbonyl (C=O) groups is 1. The molecule has 2 N–H and O–H groups in total. The van der Waals surface area contributed by atoms with Gasteiger partial charge >= 0.3 is 5.97 Å². The lowest BCUT2D eigenvalue weighted by Gasteiger charge is -2.31. The Labute approximate surface area is 118 Å². The Morgan fingerprint density at radius 3 is 2.58 bits per heavy atom. The Kier molecular flexibility index (Phi) is 5.11. The van der Waals surface area contributed by atoms with Crippen molar-refractivity contribution in [2.24, 2.45) is 5.41 Å². The Morgan fingerprint density at radius 2 is 2.11 bits per heavy atom. The number of nitrogens with one attached hydrogen (secondary N) is 1. The fourth-order valence-corrected chi connectivity index (χ4v) is 1.97. The van der Waals surface area contributed by atoms with Gasteiger partial charge in [0, 0.05) is 12.1 Å². The molecular formula is C13H20ClN3O2. The van der Waals surface area contributed by atoms with Gasteiger partial charge in [-0.25, -0.2) is 14.8 Å². The van der Waals surface area contributed by atoms with Crippen LogP contribution in [0.2, 0.25) is 5.28 Å². The molecule has 0 bridgehead atoms. The normalized spacial score (nSPS) is 13.1. The van der Waals surface area contributed by atoms with Gasteiger partial charge in [-0.05, 0) is 23.4 Å². The summed E-state index contributed by atoms with van der Waals surface area (Å²) >= 11 is 5.74. The molecular weight excluding hydrogens is 266 g/mol. The second kappa shape index (κ2) is 6.19. The average molecular weight is 286 g/mol. The molecule has 0 aliphatic carbocycles. The molecule has 0 amide bonds. The quantitative estimate of drug-likeness (QED) is 0.810. The number of halogens is 1. The van der Waals surface area contributed by atoms with Crippen molar-refractivity contribution in [3.8, 4) is 0 Å². The number of hydrogen-bond donors (Lipinski definition) is 2. The largest absolute Gasteiger partial charge is 0.477 e. The van der Waals surface area contributed by atoms with Gasteiger partial charge in [-0.3, -0.25) is 0 Å². The van der Waals surface area contributed by atoms with E-state index in [-0.39, 0.29) is 22.4 Å². The average Bonchev–Trinajstić information content (AvgIpc) is 2.26. The van der Waals surface area contributed by atoms with Gasteiger partial charge in [0.1, 0.15) is 5.82 Å². The number of nitrogens with zero attached hydrogens (tertiary/aromatic N) is 2. The second-order valence-electron chi connectivity index (χ2n) is 5.56. The molecule has 0 aliphatic heterocycles. The van der Waals surface area contributed by atoms with Gasteiger partial charge in [-0.2, -0.15) is 0 Å². The van der Waals surface area contributed by atoms with Gasteiger partial charge in [0.25, 0.3) is 0 Å². The van der Waals surface area contributed by atoms with E-state index in [9.17, 15) is 4.79 Å². The van der Waals surface area contributed by atoms with E-state index in [0.29, 0.717) is 5.82 Å². The third kappa shape index (κ3) is 4.67. The van der Waals surface area contributed by atoms with Crippen molar-refractivity contribution in [3.05, 3.63) is 17.0 Å². The van der Waals surface area contributed by atoms with Crippen LogP contribution in [0.25, 0.3) is 0 Å². The van der Waals surface area contributed by atoms with Crippen LogP contribution in [0, 0.1) is 5.41 Å². The molecule has 1 heterocycles. The molecule has 19 heavy (non-hydrogen) atoms. The van der Waals surface area contributed by atoms with E-state index in [0.717, 1.165) is 12.8 Å². The SMILES string of the molecule is CCCC(Nc1cc(C(=O)O)nc(Cl)n1)C(C)(C)C. The van der Waals surface area contributed by atoms with Crippen LogP contribution in [0.15, 0.2) is 6.07 Å². The highest BCUT2D eigenvalue weighted by atomic mass is 35.5. The van der Waals surface area contributed by atoms with Gasteiger partial charge < -0.3 is 10.4 Å². The number of carboxylic acid groups (broad SMARTS) is 1. The summed E-state index contributed by atoms with van der Waals surface area (Å²) in [7, 11) is 0. The van der Waals surface area contributed by atoms with Crippen molar-refractivity contribution in [2.75, 3.05) is 5.32 Å². The van der Waals surface area contributed by atoms with E-state index >= 15 is 0 Å². The Balaban J connectivity index is 2.99. The molecule has 0 saturated heterocycles. The zero-order valence-electron chi connectivity index (χ0n) is 11.7. The highest BCUT2D eigenvalue weighted by Gasteiger charge is 2.24. The van der Waals surface area contributed by atoms with Crippen molar-refractivity contribution in [2.45, 2.75) is 46.6 Å². The van der Waals surface area contributed by atoms with Crippen LogP contribution >= 0.6 is 11.6 Å². The standard InChI is InChI=1S/C13H20ClN3O2/c1-5-6-9(13(2,3)4)16-10-7-8(11(18)19)15-12(14)17-10/h7,9H,5-6H2,1-4H3,(H,18,19)(H,15,16,17). The lowest BCUT2D eigenvalue weighted by molar-refractivity contribution is 0.0690. The van der Waals surface area contributed by atoms with Gasteiger partial charge in [-0.1, -0.05) is 34.1 Å². The Bertz CT molecular complexity index is 458. The molecule has 1 aromatic heterocycles. The number of hydrogen-bond acceptors (Lipinski definition) is 4. The van der Waals surface area contributed by atoms with Crippen molar-refractivity contribution in [1.29, 1.82) is 0 Å². The third-order valence-corrected chi connectivity index (χ3v) is 3.03. The molecule has 0 fully saturated rings. The molecule has 6 heteroatoms. The van der Waals surface area contributed by atoms with Crippen LogP contribution in [-0.2, 0) is 0 Å². The number of carboxylic acids is 1. The zero-order chi connectivity index (χ0) is 14.6. The second-order valence-corrected chi connectivity index (χ2v) is 5.90. The van der Waals surface area contributed by atoms with Gasteiger partial charge in [0.15, 0.2) is 5.69 Å². The number of aromatic carboxylic acids is 1. The molecule has 1 unspecified atom stereocenters. The first-order chi connectivity index (χ1) is 8.74. The van der Waals surface area contributed by atoms with Gasteiger partial charge in [0.05, 0.1) is 0 Å². The summed E-state index contributed by atoms with van der Waals surface area (Å²) in [5.74, 6) is -0.666. The maximum absolute atomic E-state index is 10.9. The molecule has 5 nitrogen and oxygen atoms in total. The number of rotatable bonds is 5. The van der Waals surface area contributed by atoms with E-state index in [1.807, 2.05) is 0 Å². The minimum absolute atomic E-state index is 0.0385. The summed E-state index contributed by atoms with van der Waals surface area (Å²) in [6, 6.07) is 1.59. The number of anilines is 1. The molecule has 1 aromatic rings. The lowest BCUT2D eigenvalue weighted by Crippen LogP contribution is -2.34. The first kappa shape index (κ1) is 15.7. The summed E-state index contributed by atoms with van der Waals surface area (Å²) in [4.78, 5) is 18.6. The topological polar surface area (TPSA) is 75.1 Å². The fraction of sp³-hybridized carbons (Fsp3) is 0.615. The molecule has 1 rings (SSSR count). The van der Waals surface area contributed by atoms with Crippen molar-refractivity contribution in [1.82, 2.24) is 9.97 Å². The minimum atomic E-state index is -1.12. The third-order valence-electron chi connectivity index (χ3n) is 2.86. The Morgan fingerprint density at radius 1 is 1.47 bits per heavy atom. The fourth-order valence-electron chi connectivity index (χ4n) is 1.79. The number of aromatic nitrogens is 2. The van der Waals surface area contributed by atoms with Crippen molar-refractivity contribution < 1.29 is 9.90 Å². The molecule has 0 spiro atoms. The smallest absolute Gasteiger partial charge is 0.354 e. The van der Waals surface area contributed by atoms with Crippen LogP contribution in [0.3, 0.4) is 0 Å². The van der Waals surface area contributed by atoms with E-state index < -0.39 is 5.97 Å². The summed E-state index contributed by atoms with van der Waals surface area (Å²) < 4.78 is 0. The van der Waals surface area contributed by atoms with Crippen LogP contribution in [0.4, 0.5) is 5.82 Å². The Hall–Kier alpha value is -1.36. The lowest BCUT2D eigenvalue weighted by atomic mass is 9.84. The minimum Gasteiger partial charge on any atom is -0.477 e. The summed E-state index contributed by atoms with van der Waals surface area (Å²) in [6.45, 7) is 8.49. The van der Waals surface area contributed by atoms with Crippen LogP contribution in [-0.4, -0.2) is 27.1 Å². The highest BCUT2D eigenvalue weighted by Crippen LogP contribution is 2.26. The predicted octanol–water partition coefficient (Wildman–Crippen LogP) is 3.45. The summed E-state index contributed by atoms with van der Waals surface area (Å²) in [5.41, 5.74) is -0.0664. The zero-order valence-corrected chi connectivity index (χ0v) is 12.5. The molecule has 0 aliphatic rings.